The van der Waals surface area contributed by atoms with Crippen molar-refractivity contribution in [2.45, 2.75) is 38.1 Å². The van der Waals surface area contributed by atoms with Crippen LogP contribution in [0.1, 0.15) is 42.5 Å². The van der Waals surface area contributed by atoms with E-state index >= 15 is 0 Å². The van der Waals surface area contributed by atoms with E-state index in [-0.39, 0.29) is 5.91 Å². The zero-order valence-electron chi connectivity index (χ0n) is 12.7. The molecule has 0 spiro atoms. The minimum atomic E-state index is -0.0302. The molecule has 5 nitrogen and oxygen atoms in total. The van der Waals surface area contributed by atoms with Crippen LogP contribution in [0.5, 0.6) is 5.88 Å². The number of aryl methyl sites for hydroxylation is 1. The molecular weight excluding hydrogens is 266 g/mol. The molecule has 1 aromatic heterocycles. The fourth-order valence-electron chi connectivity index (χ4n) is 5.21. The lowest BCUT2D eigenvalue weighted by Gasteiger charge is -2.54. The number of hydrogen-bond donors (Lipinski definition) is 1. The summed E-state index contributed by atoms with van der Waals surface area (Å²) < 4.78 is 6.89. The van der Waals surface area contributed by atoms with Crippen LogP contribution in [0.3, 0.4) is 0 Å². The predicted molar refractivity (Wildman–Crippen MR) is 78.1 cm³/mol. The van der Waals surface area contributed by atoms with Gasteiger partial charge in [-0.05, 0) is 55.8 Å². The number of amides is 1. The molecule has 4 fully saturated rings. The molecule has 21 heavy (non-hydrogen) atoms. The second-order valence-electron chi connectivity index (χ2n) is 7.12. The summed E-state index contributed by atoms with van der Waals surface area (Å²) in [6, 6.07) is 0.357. The van der Waals surface area contributed by atoms with Crippen molar-refractivity contribution < 1.29 is 9.53 Å². The first-order chi connectivity index (χ1) is 10.2. The van der Waals surface area contributed by atoms with E-state index < -0.39 is 0 Å². The molecule has 5 rings (SSSR count). The Morgan fingerprint density at radius 3 is 2.43 bits per heavy atom. The van der Waals surface area contributed by atoms with E-state index in [2.05, 4.69) is 10.4 Å². The fourth-order valence-corrected chi connectivity index (χ4v) is 5.21. The monoisotopic (exact) mass is 289 g/mol. The van der Waals surface area contributed by atoms with E-state index in [0.717, 1.165) is 11.8 Å². The summed E-state index contributed by atoms with van der Waals surface area (Å²) in [5.41, 5.74) is 0.550. The van der Waals surface area contributed by atoms with E-state index in [4.69, 9.17) is 4.74 Å². The molecule has 4 saturated carbocycles. The topological polar surface area (TPSA) is 56.1 Å². The summed E-state index contributed by atoms with van der Waals surface area (Å²) in [6.07, 6.45) is 8.27. The largest absolute Gasteiger partial charge is 0.481 e. The maximum Gasteiger partial charge on any atom is 0.258 e. The predicted octanol–water partition coefficient (Wildman–Crippen LogP) is 1.98. The lowest BCUT2D eigenvalue weighted by atomic mass is 9.54. The second kappa shape index (κ2) is 4.75. The zero-order valence-corrected chi connectivity index (χ0v) is 12.7. The Morgan fingerprint density at radius 2 is 1.86 bits per heavy atom. The molecule has 0 saturated heterocycles. The lowest BCUT2D eigenvalue weighted by Crippen LogP contribution is -2.55. The van der Waals surface area contributed by atoms with E-state index in [1.54, 1.807) is 25.0 Å². The molecule has 4 bridgehead atoms. The fraction of sp³-hybridized carbons (Fsp3) is 0.750. The number of nitrogens with one attached hydrogen (secondary N) is 1. The number of carbonyl (C=O) groups is 1. The van der Waals surface area contributed by atoms with Crippen molar-refractivity contribution in [3.63, 3.8) is 0 Å². The minimum absolute atomic E-state index is 0.0302. The van der Waals surface area contributed by atoms with Gasteiger partial charge in [0.05, 0.1) is 13.3 Å². The van der Waals surface area contributed by atoms with Gasteiger partial charge in [-0.1, -0.05) is 0 Å². The number of rotatable bonds is 3. The lowest BCUT2D eigenvalue weighted by molar-refractivity contribution is -0.0119. The third kappa shape index (κ3) is 2.05. The van der Waals surface area contributed by atoms with Crippen LogP contribution in [0.4, 0.5) is 0 Å². The molecule has 0 unspecified atom stereocenters. The van der Waals surface area contributed by atoms with Crippen molar-refractivity contribution in [1.82, 2.24) is 15.1 Å². The molecule has 0 radical (unpaired) electrons. The van der Waals surface area contributed by atoms with Crippen LogP contribution >= 0.6 is 0 Å². The van der Waals surface area contributed by atoms with Gasteiger partial charge in [0.2, 0.25) is 5.88 Å². The zero-order chi connectivity index (χ0) is 14.6. The summed E-state index contributed by atoms with van der Waals surface area (Å²) in [5, 5.41) is 7.42. The molecule has 1 aromatic rings. The Bertz CT molecular complexity index is 538. The molecule has 0 aliphatic heterocycles. The Morgan fingerprint density at radius 1 is 1.24 bits per heavy atom. The molecule has 114 valence electrons. The van der Waals surface area contributed by atoms with Crippen molar-refractivity contribution in [1.29, 1.82) is 0 Å². The molecule has 1 amide bonds. The van der Waals surface area contributed by atoms with Gasteiger partial charge in [-0.3, -0.25) is 4.79 Å². The van der Waals surface area contributed by atoms with Gasteiger partial charge in [0.25, 0.3) is 5.91 Å². The number of ether oxygens (including phenoxy) is 1. The number of aromatic nitrogens is 2. The Labute approximate surface area is 125 Å². The van der Waals surface area contributed by atoms with E-state index in [9.17, 15) is 4.79 Å². The maximum absolute atomic E-state index is 12.6. The van der Waals surface area contributed by atoms with Crippen molar-refractivity contribution in [2.24, 2.45) is 30.7 Å². The summed E-state index contributed by atoms with van der Waals surface area (Å²) in [6.45, 7) is 0. The molecule has 0 aromatic carbocycles. The highest BCUT2D eigenvalue weighted by atomic mass is 16.5. The van der Waals surface area contributed by atoms with Gasteiger partial charge >= 0.3 is 0 Å². The van der Waals surface area contributed by atoms with Crippen LogP contribution in [0.25, 0.3) is 0 Å². The van der Waals surface area contributed by atoms with Crippen LogP contribution in [0.2, 0.25) is 0 Å². The summed E-state index contributed by atoms with van der Waals surface area (Å²) in [7, 11) is 3.37. The first-order valence-electron chi connectivity index (χ1n) is 8.02. The maximum atomic E-state index is 12.6. The Kier molecular flexibility index (Phi) is 2.98. The smallest absolute Gasteiger partial charge is 0.258 e. The third-order valence-corrected chi connectivity index (χ3v) is 5.85. The highest BCUT2D eigenvalue weighted by molar-refractivity contribution is 5.96. The standard InChI is InChI=1S/C16H23N3O2/c1-19-16(21-2)13(8-17-19)15(20)18-14-11-4-9-3-10(6-11)7-12(14)5-9/h8-12,14H,3-7H2,1-2H3,(H,18,20). The number of hydrogen-bond acceptors (Lipinski definition) is 3. The highest BCUT2D eigenvalue weighted by Crippen LogP contribution is 2.53. The third-order valence-electron chi connectivity index (χ3n) is 5.85. The molecule has 1 N–H and O–H groups in total. The minimum Gasteiger partial charge on any atom is -0.481 e. The van der Waals surface area contributed by atoms with Crippen LogP contribution < -0.4 is 10.1 Å². The number of methoxy groups -OCH3 is 1. The average Bonchev–Trinajstić information content (AvgIpc) is 2.83. The van der Waals surface area contributed by atoms with Crippen LogP contribution in [-0.4, -0.2) is 28.8 Å². The van der Waals surface area contributed by atoms with Crippen LogP contribution in [0, 0.1) is 23.7 Å². The Balaban J connectivity index is 1.52. The summed E-state index contributed by atoms with van der Waals surface area (Å²) >= 11 is 0. The second-order valence-corrected chi connectivity index (χ2v) is 7.12. The van der Waals surface area contributed by atoms with Crippen molar-refractivity contribution in [3.05, 3.63) is 11.8 Å². The van der Waals surface area contributed by atoms with E-state index in [1.807, 2.05) is 0 Å². The average molecular weight is 289 g/mol. The quantitative estimate of drug-likeness (QED) is 0.925. The van der Waals surface area contributed by atoms with Gasteiger partial charge in [0, 0.05) is 13.1 Å². The SMILES string of the molecule is COc1c(C(=O)NC2C3CC4CC(C3)CC2C4)cnn1C. The van der Waals surface area contributed by atoms with E-state index in [0.29, 0.717) is 29.3 Å². The molecule has 5 heteroatoms. The number of nitrogens with zero attached hydrogens (tertiary/aromatic N) is 2. The molecule has 4 aliphatic rings. The van der Waals surface area contributed by atoms with Gasteiger partial charge in [0.15, 0.2) is 0 Å². The van der Waals surface area contributed by atoms with Crippen molar-refractivity contribution in [3.8, 4) is 5.88 Å². The van der Waals surface area contributed by atoms with Crippen LogP contribution in [0.15, 0.2) is 6.20 Å². The molecular formula is C16H23N3O2. The molecule has 0 atom stereocenters. The first-order valence-corrected chi connectivity index (χ1v) is 8.02. The van der Waals surface area contributed by atoms with Gasteiger partial charge in [0.1, 0.15) is 5.56 Å². The van der Waals surface area contributed by atoms with Gasteiger partial charge in [-0.2, -0.15) is 5.10 Å². The van der Waals surface area contributed by atoms with E-state index in [1.165, 1.54) is 32.1 Å². The van der Waals surface area contributed by atoms with Crippen LogP contribution in [-0.2, 0) is 7.05 Å². The summed E-state index contributed by atoms with van der Waals surface area (Å²) in [5.74, 6) is 3.73. The van der Waals surface area contributed by atoms with Gasteiger partial charge in [-0.15, -0.1) is 0 Å². The van der Waals surface area contributed by atoms with Gasteiger partial charge in [-0.25, -0.2) is 4.68 Å². The molecule has 1 heterocycles. The van der Waals surface area contributed by atoms with Crippen molar-refractivity contribution >= 4 is 5.91 Å². The Hall–Kier alpha value is -1.52. The number of carbonyl (C=O) groups excluding carboxylic acids is 1. The van der Waals surface area contributed by atoms with Crippen molar-refractivity contribution in [2.75, 3.05) is 7.11 Å². The first kappa shape index (κ1) is 13.2. The molecule has 4 aliphatic carbocycles. The summed E-state index contributed by atoms with van der Waals surface area (Å²) in [4.78, 5) is 12.6. The normalized spacial score (nSPS) is 36.8. The van der Waals surface area contributed by atoms with Gasteiger partial charge < -0.3 is 10.1 Å². The highest BCUT2D eigenvalue weighted by Gasteiger charge is 2.48.